The molecule has 3 nitrogen and oxygen atoms in total. The zero-order valence-corrected chi connectivity index (χ0v) is 12.7. The van der Waals surface area contributed by atoms with E-state index in [2.05, 4.69) is 53.5 Å². The molecule has 17 heavy (non-hydrogen) atoms. The van der Waals surface area contributed by atoms with Gasteiger partial charge in [0, 0.05) is 19.3 Å². The van der Waals surface area contributed by atoms with Crippen molar-refractivity contribution < 1.29 is 0 Å². The highest BCUT2D eigenvalue weighted by atomic mass is 79.9. The first-order valence-corrected chi connectivity index (χ1v) is 6.85. The number of rotatable bonds is 5. The van der Waals surface area contributed by atoms with E-state index in [1.165, 1.54) is 0 Å². The van der Waals surface area contributed by atoms with E-state index in [0.717, 1.165) is 28.9 Å². The molecular formula is C13H22BrN3. The Labute approximate surface area is 113 Å². The molecule has 1 rings (SSSR count). The fourth-order valence-corrected chi connectivity index (χ4v) is 2.51. The topological polar surface area (TPSA) is 42.1 Å². The van der Waals surface area contributed by atoms with E-state index in [-0.39, 0.29) is 0 Å². The molecule has 0 saturated carbocycles. The summed E-state index contributed by atoms with van der Waals surface area (Å²) in [6, 6.07) is 0. The molecule has 0 amide bonds. The van der Waals surface area contributed by atoms with Gasteiger partial charge in [0.25, 0.3) is 0 Å². The Bertz CT molecular complexity index is 333. The average Bonchev–Trinajstić information content (AvgIpc) is 2.14. The number of nitrogen functional groups attached to an aromatic ring is 1. The average molecular weight is 300 g/mol. The van der Waals surface area contributed by atoms with Crippen molar-refractivity contribution in [1.29, 1.82) is 0 Å². The van der Waals surface area contributed by atoms with Crippen LogP contribution in [-0.2, 0) is 0 Å². The zero-order valence-electron chi connectivity index (χ0n) is 11.1. The molecule has 0 aromatic carbocycles. The van der Waals surface area contributed by atoms with Gasteiger partial charge in [0.05, 0.1) is 22.0 Å². The van der Waals surface area contributed by atoms with E-state index in [4.69, 9.17) is 5.73 Å². The molecule has 0 fully saturated rings. The summed E-state index contributed by atoms with van der Waals surface area (Å²) in [5.41, 5.74) is 7.85. The lowest BCUT2D eigenvalue weighted by molar-refractivity contribution is 0.552. The van der Waals surface area contributed by atoms with Crippen molar-refractivity contribution in [1.82, 2.24) is 4.98 Å². The molecule has 4 heteroatoms. The highest BCUT2D eigenvalue weighted by molar-refractivity contribution is 9.10. The monoisotopic (exact) mass is 299 g/mol. The Balaban J connectivity index is 3.03. The summed E-state index contributed by atoms with van der Waals surface area (Å²) in [7, 11) is 0. The minimum Gasteiger partial charge on any atom is -0.396 e. The van der Waals surface area contributed by atoms with Crippen LogP contribution in [0.1, 0.15) is 27.7 Å². The molecular weight excluding hydrogens is 278 g/mol. The zero-order chi connectivity index (χ0) is 13.0. The second kappa shape index (κ2) is 6.24. The molecule has 0 saturated heterocycles. The van der Waals surface area contributed by atoms with Crippen molar-refractivity contribution >= 4 is 27.3 Å². The number of nitrogens with two attached hydrogens (primary N) is 1. The molecule has 1 heterocycles. The third kappa shape index (κ3) is 4.19. The number of nitrogens with zero attached hydrogens (tertiary/aromatic N) is 2. The third-order valence-electron chi connectivity index (χ3n) is 2.39. The van der Waals surface area contributed by atoms with Crippen molar-refractivity contribution in [2.75, 3.05) is 23.7 Å². The van der Waals surface area contributed by atoms with E-state index in [9.17, 15) is 0 Å². The van der Waals surface area contributed by atoms with E-state index in [0.29, 0.717) is 11.8 Å². The second-order valence-electron chi connectivity index (χ2n) is 5.25. The van der Waals surface area contributed by atoms with Gasteiger partial charge in [-0.1, -0.05) is 27.7 Å². The van der Waals surface area contributed by atoms with Gasteiger partial charge in [-0.15, -0.1) is 0 Å². The molecule has 0 bridgehead atoms. The molecule has 2 N–H and O–H groups in total. The van der Waals surface area contributed by atoms with Crippen LogP contribution < -0.4 is 10.6 Å². The number of hydrogen-bond acceptors (Lipinski definition) is 3. The summed E-state index contributed by atoms with van der Waals surface area (Å²) >= 11 is 3.54. The minimum atomic E-state index is 0.605. The van der Waals surface area contributed by atoms with E-state index in [1.54, 1.807) is 12.4 Å². The lowest BCUT2D eigenvalue weighted by atomic mass is 10.1. The summed E-state index contributed by atoms with van der Waals surface area (Å²) in [5, 5.41) is 0. The van der Waals surface area contributed by atoms with Crippen molar-refractivity contribution in [3.05, 3.63) is 16.9 Å². The van der Waals surface area contributed by atoms with Crippen molar-refractivity contribution in [3.8, 4) is 0 Å². The van der Waals surface area contributed by atoms with Crippen LogP contribution in [0.4, 0.5) is 11.4 Å². The van der Waals surface area contributed by atoms with Gasteiger partial charge in [-0.3, -0.25) is 4.98 Å². The number of hydrogen-bond donors (Lipinski definition) is 1. The summed E-state index contributed by atoms with van der Waals surface area (Å²) in [6.07, 6.45) is 3.52. The summed E-state index contributed by atoms with van der Waals surface area (Å²) < 4.78 is 0.971. The third-order valence-corrected chi connectivity index (χ3v) is 2.97. The molecule has 0 aliphatic rings. The summed E-state index contributed by atoms with van der Waals surface area (Å²) in [5.74, 6) is 1.21. The molecule has 0 atom stereocenters. The fourth-order valence-electron chi connectivity index (χ4n) is 1.92. The van der Waals surface area contributed by atoms with Crippen LogP contribution in [0, 0.1) is 11.8 Å². The van der Waals surface area contributed by atoms with E-state index >= 15 is 0 Å². The maximum Gasteiger partial charge on any atom is 0.0776 e. The van der Waals surface area contributed by atoms with Crippen LogP contribution in [0.3, 0.4) is 0 Å². The number of anilines is 2. The molecule has 0 aliphatic carbocycles. The lowest BCUT2D eigenvalue weighted by Gasteiger charge is -2.30. The predicted molar refractivity (Wildman–Crippen MR) is 78.2 cm³/mol. The lowest BCUT2D eigenvalue weighted by Crippen LogP contribution is -2.32. The summed E-state index contributed by atoms with van der Waals surface area (Å²) in [4.78, 5) is 6.43. The predicted octanol–water partition coefficient (Wildman–Crippen LogP) is 3.54. The van der Waals surface area contributed by atoms with Gasteiger partial charge in [-0.05, 0) is 27.8 Å². The highest BCUT2D eigenvalue weighted by Gasteiger charge is 2.16. The van der Waals surface area contributed by atoms with Crippen LogP contribution in [0.2, 0.25) is 0 Å². The Morgan fingerprint density at radius 1 is 1.18 bits per heavy atom. The number of aromatic nitrogens is 1. The first-order chi connectivity index (χ1) is 7.91. The van der Waals surface area contributed by atoms with Gasteiger partial charge in [0.1, 0.15) is 0 Å². The Kier molecular flexibility index (Phi) is 5.25. The number of halogens is 1. The normalized spacial score (nSPS) is 11.2. The van der Waals surface area contributed by atoms with Crippen molar-refractivity contribution in [3.63, 3.8) is 0 Å². The van der Waals surface area contributed by atoms with Crippen LogP contribution in [0.5, 0.6) is 0 Å². The van der Waals surface area contributed by atoms with Gasteiger partial charge in [0.2, 0.25) is 0 Å². The molecule has 96 valence electrons. The number of pyridine rings is 1. The first kappa shape index (κ1) is 14.3. The maximum absolute atomic E-state index is 6.04. The van der Waals surface area contributed by atoms with Crippen LogP contribution >= 0.6 is 15.9 Å². The Morgan fingerprint density at radius 2 is 1.71 bits per heavy atom. The van der Waals surface area contributed by atoms with Gasteiger partial charge in [0.15, 0.2) is 0 Å². The quantitative estimate of drug-likeness (QED) is 0.904. The minimum absolute atomic E-state index is 0.605. The SMILES string of the molecule is CC(C)CN(CC(C)C)c1c(N)cncc1Br. The first-order valence-electron chi connectivity index (χ1n) is 6.05. The van der Waals surface area contributed by atoms with Crippen molar-refractivity contribution in [2.45, 2.75) is 27.7 Å². The van der Waals surface area contributed by atoms with Crippen LogP contribution in [0.25, 0.3) is 0 Å². The summed E-state index contributed by atoms with van der Waals surface area (Å²) in [6.45, 7) is 10.9. The largest absolute Gasteiger partial charge is 0.396 e. The molecule has 0 radical (unpaired) electrons. The second-order valence-corrected chi connectivity index (χ2v) is 6.11. The smallest absolute Gasteiger partial charge is 0.0776 e. The Morgan fingerprint density at radius 3 is 2.12 bits per heavy atom. The molecule has 1 aromatic heterocycles. The Hall–Kier alpha value is -0.770. The van der Waals surface area contributed by atoms with Gasteiger partial charge >= 0.3 is 0 Å². The van der Waals surface area contributed by atoms with Crippen molar-refractivity contribution in [2.24, 2.45) is 11.8 Å². The standard InChI is InChI=1S/C13H22BrN3/c1-9(2)7-17(8-10(3)4)13-11(14)5-16-6-12(13)15/h5-6,9-10H,7-8,15H2,1-4H3. The van der Waals surface area contributed by atoms with Gasteiger partial charge < -0.3 is 10.6 Å². The molecule has 0 spiro atoms. The van der Waals surface area contributed by atoms with Crippen LogP contribution in [-0.4, -0.2) is 18.1 Å². The fraction of sp³-hybridized carbons (Fsp3) is 0.615. The molecule has 0 unspecified atom stereocenters. The highest BCUT2D eigenvalue weighted by Crippen LogP contribution is 2.32. The van der Waals surface area contributed by atoms with Gasteiger partial charge in [-0.2, -0.15) is 0 Å². The van der Waals surface area contributed by atoms with E-state index < -0.39 is 0 Å². The maximum atomic E-state index is 6.04. The van der Waals surface area contributed by atoms with Gasteiger partial charge in [-0.25, -0.2) is 0 Å². The van der Waals surface area contributed by atoms with E-state index in [1.807, 2.05) is 0 Å². The molecule has 0 aliphatic heterocycles. The molecule has 1 aromatic rings. The van der Waals surface area contributed by atoms with Crippen LogP contribution in [0.15, 0.2) is 16.9 Å².